The number of pyridine rings is 1. The Kier molecular flexibility index (Phi) is 4.86. The van der Waals surface area contributed by atoms with Gasteiger partial charge in [0.05, 0.1) is 10.7 Å². The highest BCUT2D eigenvalue weighted by atomic mass is 35.5. The minimum atomic E-state index is -0.118. The van der Waals surface area contributed by atoms with Crippen molar-refractivity contribution in [3.63, 3.8) is 0 Å². The van der Waals surface area contributed by atoms with E-state index in [4.69, 9.17) is 23.2 Å². The van der Waals surface area contributed by atoms with Gasteiger partial charge in [0.15, 0.2) is 0 Å². The molecule has 0 amide bonds. The summed E-state index contributed by atoms with van der Waals surface area (Å²) in [5.74, 6) is 0.532. The number of fused-ring (bicyclic) bond motifs is 1. The Morgan fingerprint density at radius 2 is 2.15 bits per heavy atom. The molecule has 3 heterocycles. The van der Waals surface area contributed by atoms with Crippen molar-refractivity contribution in [2.75, 3.05) is 6.54 Å². The van der Waals surface area contributed by atoms with Crippen LogP contribution in [-0.2, 0) is 19.5 Å². The van der Waals surface area contributed by atoms with Crippen molar-refractivity contribution in [3.05, 3.63) is 73.9 Å². The third-order valence-corrected chi connectivity index (χ3v) is 5.09. The van der Waals surface area contributed by atoms with E-state index in [-0.39, 0.29) is 16.3 Å². The summed E-state index contributed by atoms with van der Waals surface area (Å²) in [6, 6.07) is 6.86. The van der Waals surface area contributed by atoms with Crippen molar-refractivity contribution in [2.45, 2.75) is 19.5 Å². The lowest BCUT2D eigenvalue weighted by atomic mass is 10.0. The van der Waals surface area contributed by atoms with Crippen molar-refractivity contribution in [3.8, 4) is 17.1 Å². The summed E-state index contributed by atoms with van der Waals surface area (Å²) in [4.78, 5) is 26.1. The van der Waals surface area contributed by atoms with Crippen molar-refractivity contribution in [1.82, 2.24) is 19.9 Å². The van der Waals surface area contributed by atoms with E-state index in [0.29, 0.717) is 48.0 Å². The quantitative estimate of drug-likeness (QED) is 0.701. The molecule has 138 valence electrons. The highest BCUT2D eigenvalue weighted by Gasteiger charge is 2.22. The van der Waals surface area contributed by atoms with Crippen LogP contribution in [0.15, 0.2) is 41.5 Å². The highest BCUT2D eigenvalue weighted by molar-refractivity contribution is 6.35. The second-order valence-corrected chi connectivity index (χ2v) is 7.28. The predicted octanol–water partition coefficient (Wildman–Crippen LogP) is 3.40. The molecule has 0 saturated carbocycles. The van der Waals surface area contributed by atoms with Gasteiger partial charge in [-0.05, 0) is 30.7 Å². The third-order valence-electron chi connectivity index (χ3n) is 4.59. The second kappa shape index (κ2) is 7.31. The van der Waals surface area contributed by atoms with Gasteiger partial charge in [-0.1, -0.05) is 23.2 Å². The summed E-state index contributed by atoms with van der Waals surface area (Å²) in [6.45, 7) is 1.63. The maximum absolute atomic E-state index is 12.5. The lowest BCUT2D eigenvalue weighted by Crippen LogP contribution is -2.35. The number of hydrogen-bond acceptors (Lipinski definition) is 5. The number of phenolic OH excluding ortho intramolecular Hbond substituents is 1. The zero-order chi connectivity index (χ0) is 19.0. The SMILES string of the molecule is O=c1[nH]c(-c2cccnc2)nc2c1CCN(Cc1cc(Cl)cc(Cl)c1O)C2. The molecule has 3 aromatic rings. The van der Waals surface area contributed by atoms with Crippen molar-refractivity contribution < 1.29 is 5.11 Å². The largest absolute Gasteiger partial charge is 0.506 e. The molecular weight excluding hydrogens is 387 g/mol. The van der Waals surface area contributed by atoms with Gasteiger partial charge in [-0.2, -0.15) is 0 Å². The van der Waals surface area contributed by atoms with Crippen LogP contribution in [-0.4, -0.2) is 31.5 Å². The maximum Gasteiger partial charge on any atom is 0.254 e. The topological polar surface area (TPSA) is 82.1 Å². The number of H-pyrrole nitrogens is 1. The number of rotatable bonds is 3. The van der Waals surface area contributed by atoms with E-state index in [0.717, 1.165) is 11.3 Å². The Hall–Kier alpha value is -2.41. The molecule has 0 unspecified atom stereocenters. The predicted molar refractivity (Wildman–Crippen MR) is 104 cm³/mol. The molecule has 6 nitrogen and oxygen atoms in total. The molecule has 1 aromatic carbocycles. The zero-order valence-electron chi connectivity index (χ0n) is 14.2. The van der Waals surface area contributed by atoms with E-state index < -0.39 is 0 Å². The molecule has 0 saturated heterocycles. The number of aromatic nitrogens is 3. The van der Waals surface area contributed by atoms with Gasteiger partial charge in [-0.25, -0.2) is 4.98 Å². The average Bonchev–Trinajstić information content (AvgIpc) is 2.66. The normalized spacial score (nSPS) is 14.1. The fraction of sp³-hybridized carbons (Fsp3) is 0.211. The van der Waals surface area contributed by atoms with Gasteiger partial charge >= 0.3 is 0 Å². The van der Waals surface area contributed by atoms with Crippen LogP contribution in [0.5, 0.6) is 5.75 Å². The van der Waals surface area contributed by atoms with E-state index in [1.165, 1.54) is 6.07 Å². The Labute approximate surface area is 165 Å². The van der Waals surface area contributed by atoms with Crippen LogP contribution in [0.25, 0.3) is 11.4 Å². The molecule has 8 heteroatoms. The molecule has 0 spiro atoms. The number of phenols is 1. The summed E-state index contributed by atoms with van der Waals surface area (Å²) in [5.41, 5.74) is 2.72. The van der Waals surface area contributed by atoms with Gasteiger partial charge in [0.1, 0.15) is 11.6 Å². The molecule has 4 rings (SSSR count). The first-order chi connectivity index (χ1) is 13.0. The standard InChI is InChI=1S/C19H16Cl2N4O2/c20-13-6-12(17(26)15(21)7-13)9-25-5-3-14-16(10-25)23-18(24-19(14)27)11-2-1-4-22-8-11/h1-2,4,6-8,26H,3,5,9-10H2,(H,23,24,27). The summed E-state index contributed by atoms with van der Waals surface area (Å²) < 4.78 is 0. The Morgan fingerprint density at radius 3 is 2.93 bits per heavy atom. The first-order valence-corrected chi connectivity index (χ1v) is 9.18. The van der Waals surface area contributed by atoms with Crippen molar-refractivity contribution >= 4 is 23.2 Å². The van der Waals surface area contributed by atoms with Crippen LogP contribution in [0.4, 0.5) is 0 Å². The van der Waals surface area contributed by atoms with Crippen LogP contribution in [0.1, 0.15) is 16.8 Å². The van der Waals surface area contributed by atoms with E-state index in [9.17, 15) is 9.90 Å². The van der Waals surface area contributed by atoms with Crippen LogP contribution in [0.3, 0.4) is 0 Å². The minimum Gasteiger partial charge on any atom is -0.506 e. The molecule has 27 heavy (non-hydrogen) atoms. The van der Waals surface area contributed by atoms with Gasteiger partial charge < -0.3 is 10.1 Å². The molecule has 0 atom stereocenters. The Bertz CT molecular complexity index is 1050. The molecular formula is C19H16Cl2N4O2. The molecule has 2 N–H and O–H groups in total. The number of aromatic hydroxyl groups is 1. The summed E-state index contributed by atoms with van der Waals surface area (Å²) in [7, 11) is 0. The van der Waals surface area contributed by atoms with E-state index in [1.807, 2.05) is 6.07 Å². The average molecular weight is 403 g/mol. The summed E-state index contributed by atoms with van der Waals surface area (Å²) in [5, 5.41) is 10.9. The van der Waals surface area contributed by atoms with Gasteiger partial charge in [0, 0.05) is 53.7 Å². The smallest absolute Gasteiger partial charge is 0.254 e. The van der Waals surface area contributed by atoms with Crippen LogP contribution >= 0.6 is 23.2 Å². The zero-order valence-corrected chi connectivity index (χ0v) is 15.8. The Balaban J connectivity index is 1.63. The number of aromatic amines is 1. The lowest BCUT2D eigenvalue weighted by molar-refractivity contribution is 0.237. The van der Waals surface area contributed by atoms with Crippen LogP contribution in [0, 0.1) is 0 Å². The number of halogens is 2. The number of nitrogens with zero attached hydrogens (tertiary/aromatic N) is 3. The summed E-state index contributed by atoms with van der Waals surface area (Å²) in [6.07, 6.45) is 3.92. The van der Waals surface area contributed by atoms with Crippen molar-refractivity contribution in [1.29, 1.82) is 0 Å². The number of nitrogens with one attached hydrogen (secondary N) is 1. The van der Waals surface area contributed by atoms with E-state index in [1.54, 1.807) is 24.5 Å². The monoisotopic (exact) mass is 402 g/mol. The van der Waals surface area contributed by atoms with Gasteiger partial charge in [-0.3, -0.25) is 14.7 Å². The number of benzene rings is 1. The Morgan fingerprint density at radius 1 is 1.30 bits per heavy atom. The maximum atomic E-state index is 12.5. The highest BCUT2D eigenvalue weighted by Crippen LogP contribution is 2.32. The third kappa shape index (κ3) is 3.69. The first kappa shape index (κ1) is 18.0. The fourth-order valence-corrected chi connectivity index (χ4v) is 3.78. The molecule has 0 bridgehead atoms. The van der Waals surface area contributed by atoms with Gasteiger partial charge in [0.2, 0.25) is 0 Å². The second-order valence-electron chi connectivity index (χ2n) is 6.44. The number of hydrogen-bond donors (Lipinski definition) is 2. The van der Waals surface area contributed by atoms with Gasteiger partial charge in [0.25, 0.3) is 5.56 Å². The van der Waals surface area contributed by atoms with Crippen LogP contribution < -0.4 is 5.56 Å². The van der Waals surface area contributed by atoms with E-state index in [2.05, 4.69) is 19.9 Å². The molecule has 0 radical (unpaired) electrons. The molecule has 2 aromatic heterocycles. The van der Waals surface area contributed by atoms with Gasteiger partial charge in [-0.15, -0.1) is 0 Å². The lowest BCUT2D eigenvalue weighted by Gasteiger charge is -2.28. The molecule has 0 fully saturated rings. The molecule has 1 aliphatic rings. The van der Waals surface area contributed by atoms with Crippen molar-refractivity contribution in [2.24, 2.45) is 0 Å². The summed E-state index contributed by atoms with van der Waals surface area (Å²) >= 11 is 12.1. The van der Waals surface area contributed by atoms with E-state index >= 15 is 0 Å². The first-order valence-electron chi connectivity index (χ1n) is 8.43. The minimum absolute atomic E-state index is 0.0294. The molecule has 0 aliphatic carbocycles. The molecule has 1 aliphatic heterocycles. The van der Waals surface area contributed by atoms with Crippen LogP contribution in [0.2, 0.25) is 10.0 Å². The fourth-order valence-electron chi connectivity index (χ4n) is 3.25.